The summed E-state index contributed by atoms with van der Waals surface area (Å²) in [7, 11) is 0. The molecule has 1 heteroatoms. The Morgan fingerprint density at radius 3 is 1.83 bits per heavy atom. The molecule has 0 fully saturated rings. The topological polar surface area (TPSA) is 4.93 Å². The zero-order valence-corrected chi connectivity index (χ0v) is 23.6. The van der Waals surface area contributed by atoms with Crippen molar-refractivity contribution in [2.24, 2.45) is 0 Å². The highest BCUT2D eigenvalue weighted by molar-refractivity contribution is 6.12. The Hall–Kier alpha value is -4.88. The Balaban J connectivity index is 1.40. The lowest BCUT2D eigenvalue weighted by atomic mass is 9.82. The van der Waals surface area contributed by atoms with Crippen molar-refractivity contribution in [2.45, 2.75) is 26.2 Å². The van der Waals surface area contributed by atoms with Crippen LogP contribution in [0.25, 0.3) is 60.9 Å². The lowest BCUT2D eigenvalue weighted by molar-refractivity contribution is 0.661. The van der Waals surface area contributed by atoms with Crippen molar-refractivity contribution in [3.8, 4) is 39.1 Å². The minimum Gasteiger partial charge on any atom is -0.309 e. The molecule has 1 heterocycles. The van der Waals surface area contributed by atoms with Gasteiger partial charge in [-0.15, -0.1) is 0 Å². The number of nitrogens with zero attached hydrogens (tertiary/aromatic N) is 1. The zero-order valence-electron chi connectivity index (χ0n) is 23.6. The predicted octanol–water partition coefficient (Wildman–Crippen LogP) is 10.7. The van der Waals surface area contributed by atoms with Crippen molar-refractivity contribution < 1.29 is 0 Å². The van der Waals surface area contributed by atoms with Gasteiger partial charge < -0.3 is 4.57 Å². The van der Waals surface area contributed by atoms with E-state index in [1.54, 1.807) is 0 Å². The van der Waals surface area contributed by atoms with E-state index in [1.165, 1.54) is 77.6 Å². The Morgan fingerprint density at radius 1 is 0.463 bits per heavy atom. The molecule has 0 saturated heterocycles. The van der Waals surface area contributed by atoms with Gasteiger partial charge in [-0.05, 0) is 81.8 Å². The lowest BCUT2D eigenvalue weighted by Crippen LogP contribution is -2.14. The van der Waals surface area contributed by atoms with E-state index in [1.807, 2.05) is 0 Å². The van der Waals surface area contributed by atoms with E-state index in [9.17, 15) is 0 Å². The minimum atomic E-state index is -0.0335. The largest absolute Gasteiger partial charge is 0.309 e. The van der Waals surface area contributed by atoms with Crippen LogP contribution in [0.3, 0.4) is 0 Å². The van der Waals surface area contributed by atoms with E-state index in [0.29, 0.717) is 0 Å². The van der Waals surface area contributed by atoms with Gasteiger partial charge in [0.2, 0.25) is 0 Å². The molecule has 0 atom stereocenters. The van der Waals surface area contributed by atoms with Crippen LogP contribution in [0.1, 0.15) is 30.5 Å². The molecule has 0 saturated carbocycles. The van der Waals surface area contributed by atoms with Crippen LogP contribution in [0.4, 0.5) is 0 Å². The molecule has 1 aliphatic carbocycles. The van der Waals surface area contributed by atoms with Crippen molar-refractivity contribution in [3.05, 3.63) is 150 Å². The van der Waals surface area contributed by atoms with Crippen LogP contribution in [0.2, 0.25) is 0 Å². The van der Waals surface area contributed by atoms with Crippen molar-refractivity contribution in [1.29, 1.82) is 0 Å². The van der Waals surface area contributed by atoms with Crippen LogP contribution in [0.15, 0.2) is 133 Å². The van der Waals surface area contributed by atoms with Gasteiger partial charge >= 0.3 is 0 Å². The first-order valence-electron chi connectivity index (χ1n) is 14.4. The van der Waals surface area contributed by atoms with Crippen molar-refractivity contribution in [2.75, 3.05) is 0 Å². The molecule has 0 amide bonds. The summed E-state index contributed by atoms with van der Waals surface area (Å²) < 4.78 is 2.46. The maximum Gasteiger partial charge on any atom is 0.0547 e. The van der Waals surface area contributed by atoms with E-state index in [-0.39, 0.29) is 5.41 Å². The van der Waals surface area contributed by atoms with Crippen molar-refractivity contribution >= 4 is 21.8 Å². The van der Waals surface area contributed by atoms with Gasteiger partial charge in [0.25, 0.3) is 0 Å². The Morgan fingerprint density at radius 2 is 1.07 bits per heavy atom. The van der Waals surface area contributed by atoms with Gasteiger partial charge in [0.05, 0.1) is 11.0 Å². The number of fused-ring (bicyclic) bond motifs is 6. The first-order valence-corrected chi connectivity index (χ1v) is 14.4. The standard InChI is InChI=1S/C40H31N/c1-26-13-15-28(16-14-26)29-17-20-31(21-18-29)41-38-23-30(27-9-5-4-6-10-27)19-22-33(38)35-24-37-34(25-39(35)41)32-11-7-8-12-36(32)40(37,2)3/h4-25H,1-3H3. The smallest absolute Gasteiger partial charge is 0.0547 e. The quantitative estimate of drug-likeness (QED) is 0.216. The number of aromatic nitrogens is 1. The van der Waals surface area contributed by atoms with Crippen LogP contribution in [0.5, 0.6) is 0 Å². The molecule has 0 radical (unpaired) electrons. The highest BCUT2D eigenvalue weighted by atomic mass is 15.0. The molecule has 7 aromatic rings. The molecule has 1 nitrogen and oxygen atoms in total. The molecule has 0 spiro atoms. The Bertz CT molecular complexity index is 2090. The third-order valence-electron chi connectivity index (χ3n) is 9.09. The fraction of sp³-hybridized carbons (Fsp3) is 0.100. The molecule has 0 bridgehead atoms. The van der Waals surface area contributed by atoms with Gasteiger partial charge in [0.15, 0.2) is 0 Å². The monoisotopic (exact) mass is 525 g/mol. The van der Waals surface area contributed by atoms with Crippen LogP contribution < -0.4 is 0 Å². The zero-order chi connectivity index (χ0) is 27.7. The second-order valence-electron chi connectivity index (χ2n) is 11.9. The van der Waals surface area contributed by atoms with Gasteiger partial charge in [0, 0.05) is 21.9 Å². The molecule has 0 aliphatic heterocycles. The second-order valence-corrected chi connectivity index (χ2v) is 11.9. The lowest BCUT2D eigenvalue weighted by Gasteiger charge is -2.21. The Kier molecular flexibility index (Phi) is 5.15. The summed E-state index contributed by atoms with van der Waals surface area (Å²) in [5, 5.41) is 2.60. The molecule has 0 unspecified atom stereocenters. The molecule has 1 aromatic heterocycles. The summed E-state index contributed by atoms with van der Waals surface area (Å²) >= 11 is 0. The first-order chi connectivity index (χ1) is 20.0. The molecule has 196 valence electrons. The summed E-state index contributed by atoms with van der Waals surface area (Å²) in [5.41, 5.74) is 15.4. The van der Waals surface area contributed by atoms with Crippen molar-refractivity contribution in [3.63, 3.8) is 0 Å². The second kappa shape index (κ2) is 8.81. The van der Waals surface area contributed by atoms with Gasteiger partial charge in [0.1, 0.15) is 0 Å². The minimum absolute atomic E-state index is 0.0335. The van der Waals surface area contributed by atoms with E-state index >= 15 is 0 Å². The van der Waals surface area contributed by atoms with Crippen LogP contribution in [-0.4, -0.2) is 4.57 Å². The molecule has 1 aliphatic rings. The molecule has 0 N–H and O–H groups in total. The summed E-state index contributed by atoms with van der Waals surface area (Å²) in [4.78, 5) is 0. The van der Waals surface area contributed by atoms with Crippen LogP contribution in [-0.2, 0) is 5.41 Å². The number of aryl methyl sites for hydroxylation is 1. The molecular weight excluding hydrogens is 494 g/mol. The third-order valence-corrected chi connectivity index (χ3v) is 9.09. The molecular formula is C40H31N. The normalized spacial score (nSPS) is 13.4. The van der Waals surface area contributed by atoms with Gasteiger partial charge in [-0.1, -0.05) is 123 Å². The predicted molar refractivity (Wildman–Crippen MR) is 174 cm³/mol. The molecule has 6 aromatic carbocycles. The van der Waals surface area contributed by atoms with Crippen LogP contribution >= 0.6 is 0 Å². The number of benzene rings is 6. The number of hydrogen-bond donors (Lipinski definition) is 0. The van der Waals surface area contributed by atoms with E-state index in [4.69, 9.17) is 0 Å². The highest BCUT2D eigenvalue weighted by Gasteiger charge is 2.36. The maximum absolute atomic E-state index is 2.46. The summed E-state index contributed by atoms with van der Waals surface area (Å²) in [6.07, 6.45) is 0. The number of hydrogen-bond acceptors (Lipinski definition) is 0. The number of rotatable bonds is 3. The van der Waals surface area contributed by atoms with Crippen LogP contribution in [0, 0.1) is 6.92 Å². The highest BCUT2D eigenvalue weighted by Crippen LogP contribution is 2.51. The Labute approximate surface area is 241 Å². The first kappa shape index (κ1) is 24.0. The van der Waals surface area contributed by atoms with Crippen molar-refractivity contribution in [1.82, 2.24) is 4.57 Å². The average molecular weight is 526 g/mol. The van der Waals surface area contributed by atoms with Gasteiger partial charge in [-0.25, -0.2) is 0 Å². The maximum atomic E-state index is 2.46. The average Bonchev–Trinajstić information content (AvgIpc) is 3.45. The van der Waals surface area contributed by atoms with E-state index < -0.39 is 0 Å². The molecule has 8 rings (SSSR count). The fourth-order valence-electron chi connectivity index (χ4n) is 6.85. The van der Waals surface area contributed by atoms with E-state index in [2.05, 4.69) is 159 Å². The summed E-state index contributed by atoms with van der Waals surface area (Å²) in [6, 6.07) is 49.3. The van der Waals surface area contributed by atoms with Gasteiger partial charge in [-0.3, -0.25) is 0 Å². The SMILES string of the molecule is Cc1ccc(-c2ccc(-n3c4cc(-c5ccccc5)ccc4c4cc5c(cc43)-c3ccccc3C5(C)C)cc2)cc1. The van der Waals surface area contributed by atoms with E-state index in [0.717, 1.165) is 0 Å². The summed E-state index contributed by atoms with van der Waals surface area (Å²) in [6.45, 7) is 6.86. The fourth-order valence-corrected chi connectivity index (χ4v) is 6.85. The van der Waals surface area contributed by atoms with Gasteiger partial charge in [-0.2, -0.15) is 0 Å². The molecule has 41 heavy (non-hydrogen) atoms. The third kappa shape index (κ3) is 3.62. The summed E-state index contributed by atoms with van der Waals surface area (Å²) in [5.74, 6) is 0.